The number of aromatic nitrogens is 5. The Balaban J connectivity index is 1.35. The van der Waals surface area contributed by atoms with Crippen LogP contribution in [0.5, 0.6) is 0 Å². The number of rotatable bonds is 10. The number of ketones is 1. The molecule has 0 saturated carbocycles. The summed E-state index contributed by atoms with van der Waals surface area (Å²) in [5.41, 5.74) is 1.64. The summed E-state index contributed by atoms with van der Waals surface area (Å²) in [5.74, 6) is -1.47. The number of carboxylic acids is 1. The van der Waals surface area contributed by atoms with Crippen molar-refractivity contribution < 1.29 is 24.2 Å². The van der Waals surface area contributed by atoms with Crippen molar-refractivity contribution in [3.8, 4) is 0 Å². The van der Waals surface area contributed by atoms with E-state index in [1.165, 1.54) is 11.3 Å². The van der Waals surface area contributed by atoms with Crippen LogP contribution in [0.1, 0.15) is 22.8 Å². The van der Waals surface area contributed by atoms with Gasteiger partial charge in [-0.2, -0.15) is 4.80 Å². The van der Waals surface area contributed by atoms with Crippen LogP contribution in [0.2, 0.25) is 0 Å². The Morgan fingerprint density at radius 1 is 1.09 bits per heavy atom. The Morgan fingerprint density at radius 3 is 2.62 bits per heavy atom. The lowest BCUT2D eigenvalue weighted by atomic mass is 10.1. The van der Waals surface area contributed by atoms with Crippen LogP contribution in [-0.4, -0.2) is 54.2 Å². The number of hydrogen-bond donors (Lipinski definition) is 2. The van der Waals surface area contributed by atoms with Crippen LogP contribution in [0.4, 0.5) is 4.79 Å². The lowest BCUT2D eigenvalue weighted by Gasteiger charge is -2.15. The number of fused-ring (bicyclic) bond motifs is 1. The molecule has 0 bridgehead atoms. The number of carbonyl (C=O) groups excluding carboxylic acids is 2. The van der Waals surface area contributed by atoms with Gasteiger partial charge in [-0.3, -0.25) is 9.59 Å². The van der Waals surface area contributed by atoms with E-state index >= 15 is 0 Å². The van der Waals surface area contributed by atoms with E-state index in [1.807, 2.05) is 30.3 Å². The Kier molecular flexibility index (Phi) is 7.18. The van der Waals surface area contributed by atoms with Crippen LogP contribution < -0.4 is 5.32 Å². The molecule has 0 aliphatic rings. The molecule has 4 rings (SSSR count). The highest BCUT2D eigenvalue weighted by Crippen LogP contribution is 2.22. The van der Waals surface area contributed by atoms with Gasteiger partial charge >= 0.3 is 12.1 Å². The van der Waals surface area contributed by atoms with Gasteiger partial charge in [0, 0.05) is 0 Å². The first-order valence-corrected chi connectivity index (χ1v) is 11.1. The zero-order valence-electron chi connectivity index (χ0n) is 17.8. The van der Waals surface area contributed by atoms with E-state index in [4.69, 9.17) is 9.84 Å². The molecule has 1 unspecified atom stereocenters. The number of Topliss-reactive ketones (excluding diaryl/α,β-unsaturated/α-hetero) is 1. The average Bonchev–Trinajstić information content (AvgIpc) is 3.43. The maximum Gasteiger partial charge on any atom is 0.408 e. The molecule has 4 aromatic rings. The van der Waals surface area contributed by atoms with Crippen LogP contribution in [0.25, 0.3) is 10.2 Å². The minimum atomic E-state index is -1.31. The molecule has 0 spiro atoms. The highest BCUT2D eigenvalue weighted by Gasteiger charge is 2.25. The zero-order valence-corrected chi connectivity index (χ0v) is 18.6. The van der Waals surface area contributed by atoms with E-state index in [-0.39, 0.29) is 13.2 Å². The molecule has 0 fully saturated rings. The number of nitrogens with zero attached hydrogens (tertiary/aromatic N) is 5. The molecule has 2 N–H and O–H groups in total. The van der Waals surface area contributed by atoms with Crippen molar-refractivity contribution in [3.63, 3.8) is 0 Å². The summed E-state index contributed by atoms with van der Waals surface area (Å²) in [4.78, 5) is 41.6. The largest absolute Gasteiger partial charge is 0.481 e. The predicted molar refractivity (Wildman–Crippen MR) is 121 cm³/mol. The molecule has 1 amide bonds. The molecular formula is C22H20N6O5S. The zero-order chi connectivity index (χ0) is 23.9. The van der Waals surface area contributed by atoms with Crippen molar-refractivity contribution >= 4 is 39.4 Å². The number of para-hydroxylation sites is 1. The smallest absolute Gasteiger partial charge is 0.408 e. The van der Waals surface area contributed by atoms with Gasteiger partial charge in [0.15, 0.2) is 11.6 Å². The molecule has 1 atom stereocenters. The second-order valence-electron chi connectivity index (χ2n) is 7.31. The number of aliphatic carboxylic acids is 1. The van der Waals surface area contributed by atoms with Crippen LogP contribution >= 0.6 is 11.3 Å². The molecule has 12 heteroatoms. The van der Waals surface area contributed by atoms with Crippen molar-refractivity contribution in [2.24, 2.45) is 0 Å². The van der Waals surface area contributed by atoms with Crippen molar-refractivity contribution in [2.75, 3.05) is 0 Å². The fourth-order valence-electron chi connectivity index (χ4n) is 3.12. The van der Waals surface area contributed by atoms with E-state index in [0.29, 0.717) is 12.2 Å². The van der Waals surface area contributed by atoms with Crippen molar-refractivity contribution in [3.05, 3.63) is 71.0 Å². The van der Waals surface area contributed by atoms with Crippen LogP contribution in [0, 0.1) is 0 Å². The van der Waals surface area contributed by atoms with Gasteiger partial charge in [0.1, 0.15) is 24.2 Å². The predicted octanol–water partition coefficient (Wildman–Crippen LogP) is 2.21. The summed E-state index contributed by atoms with van der Waals surface area (Å²) in [6, 6.07) is 15.4. The van der Waals surface area contributed by atoms with Crippen LogP contribution in [0.15, 0.2) is 54.6 Å². The Morgan fingerprint density at radius 2 is 1.85 bits per heavy atom. The molecule has 34 heavy (non-hydrogen) atoms. The molecule has 0 saturated heterocycles. The molecule has 2 aromatic heterocycles. The summed E-state index contributed by atoms with van der Waals surface area (Å²) in [7, 11) is 0. The van der Waals surface area contributed by atoms with E-state index < -0.39 is 30.3 Å². The van der Waals surface area contributed by atoms with E-state index in [9.17, 15) is 14.4 Å². The van der Waals surface area contributed by atoms with Gasteiger partial charge in [-0.05, 0) is 22.9 Å². The van der Waals surface area contributed by atoms with Crippen molar-refractivity contribution in [1.82, 2.24) is 30.5 Å². The van der Waals surface area contributed by atoms with Gasteiger partial charge in [-0.1, -0.05) is 42.5 Å². The first-order chi connectivity index (χ1) is 16.5. The molecule has 0 aliphatic heterocycles. The standard InChI is InChI=1S/C22H20N6O5S/c29-17(16(10-21(30)31)24-22(32)33-13-14-6-2-1-3-7-14)12-28-26-19(25-27-28)11-20-23-15-8-4-5-9-18(15)34-20/h1-9,16H,10-13H2,(H,24,32)(H,30,31). The molecule has 2 aromatic carbocycles. The fraction of sp³-hybridized carbons (Fsp3) is 0.227. The quantitative estimate of drug-likeness (QED) is 0.348. The van der Waals surface area contributed by atoms with Crippen molar-refractivity contribution in [2.45, 2.75) is 32.0 Å². The fourth-order valence-corrected chi connectivity index (χ4v) is 4.09. The van der Waals surface area contributed by atoms with Crippen LogP contribution in [0.3, 0.4) is 0 Å². The Bertz CT molecular complexity index is 1270. The lowest BCUT2D eigenvalue weighted by Crippen LogP contribution is -2.44. The third-order valence-electron chi connectivity index (χ3n) is 4.71. The number of tetrazole rings is 1. The highest BCUT2D eigenvalue weighted by atomic mass is 32.1. The lowest BCUT2D eigenvalue weighted by molar-refractivity contribution is -0.139. The average molecular weight is 481 g/mol. The second-order valence-corrected chi connectivity index (χ2v) is 8.43. The summed E-state index contributed by atoms with van der Waals surface area (Å²) < 4.78 is 6.13. The molecule has 0 radical (unpaired) electrons. The Labute approximate surface area is 197 Å². The molecule has 2 heterocycles. The number of amides is 1. The number of thiazole rings is 1. The minimum Gasteiger partial charge on any atom is -0.481 e. The summed E-state index contributed by atoms with van der Waals surface area (Å²) >= 11 is 1.52. The van der Waals surface area contributed by atoms with Gasteiger partial charge in [0.05, 0.1) is 23.1 Å². The number of hydrogen-bond acceptors (Lipinski definition) is 9. The normalized spacial score (nSPS) is 11.8. The third-order valence-corrected chi connectivity index (χ3v) is 5.75. The summed E-state index contributed by atoms with van der Waals surface area (Å²) in [6.07, 6.45) is -1.16. The minimum absolute atomic E-state index is 0.0135. The molecular weight excluding hydrogens is 460 g/mol. The topological polar surface area (TPSA) is 149 Å². The summed E-state index contributed by atoms with van der Waals surface area (Å²) in [5, 5.41) is 24.3. The maximum absolute atomic E-state index is 12.7. The maximum atomic E-state index is 12.7. The van der Waals surface area contributed by atoms with E-state index in [1.54, 1.807) is 24.3 Å². The number of ether oxygens (including phenoxy) is 1. The monoisotopic (exact) mass is 480 g/mol. The molecule has 0 aliphatic carbocycles. The second kappa shape index (κ2) is 10.6. The summed E-state index contributed by atoms with van der Waals surface area (Å²) in [6.45, 7) is -0.371. The number of benzene rings is 2. The molecule has 11 nitrogen and oxygen atoms in total. The van der Waals surface area contributed by atoms with Crippen molar-refractivity contribution in [1.29, 1.82) is 0 Å². The van der Waals surface area contributed by atoms with Gasteiger partial charge in [-0.25, -0.2) is 9.78 Å². The first-order valence-electron chi connectivity index (χ1n) is 10.3. The van der Waals surface area contributed by atoms with E-state index in [0.717, 1.165) is 25.6 Å². The highest BCUT2D eigenvalue weighted by molar-refractivity contribution is 7.18. The van der Waals surface area contributed by atoms with Gasteiger partial charge < -0.3 is 15.2 Å². The first kappa shape index (κ1) is 23.0. The van der Waals surface area contributed by atoms with Gasteiger partial charge in [0.2, 0.25) is 0 Å². The van der Waals surface area contributed by atoms with Crippen LogP contribution in [-0.2, 0) is 33.9 Å². The number of carboxylic acid groups (broad SMARTS) is 1. The third kappa shape index (κ3) is 6.19. The van der Waals surface area contributed by atoms with Gasteiger partial charge in [-0.15, -0.1) is 21.5 Å². The SMILES string of the molecule is O=C(O)CC(NC(=O)OCc1ccccc1)C(=O)Cn1nnc(Cc2nc3ccccc3s2)n1. The Hall–Kier alpha value is -4.19. The number of nitrogens with one attached hydrogen (secondary N) is 1. The van der Waals surface area contributed by atoms with E-state index in [2.05, 4.69) is 25.7 Å². The van der Waals surface area contributed by atoms with Gasteiger partial charge in [0.25, 0.3) is 0 Å². The molecule has 174 valence electrons. The number of carbonyl (C=O) groups is 3. The number of alkyl carbamates (subject to hydrolysis) is 1.